The van der Waals surface area contributed by atoms with Gasteiger partial charge in [-0.25, -0.2) is 4.98 Å². The molecule has 0 amide bonds. The van der Waals surface area contributed by atoms with Crippen LogP contribution < -0.4 is 0 Å². The summed E-state index contributed by atoms with van der Waals surface area (Å²) in [6.07, 6.45) is 5.93. The molecule has 3 heteroatoms. The average Bonchev–Trinajstić information content (AvgIpc) is 2.04. The van der Waals surface area contributed by atoms with Gasteiger partial charge in [0.25, 0.3) is 0 Å². The summed E-state index contributed by atoms with van der Waals surface area (Å²) in [7, 11) is 0. The molecule has 1 aromatic heterocycles. The molecule has 0 radical (unpaired) electrons. The van der Waals surface area contributed by atoms with Crippen LogP contribution in [0.2, 0.25) is 0 Å². The third kappa shape index (κ3) is 1.28. The van der Waals surface area contributed by atoms with Crippen molar-refractivity contribution in [2.75, 3.05) is 5.75 Å². The molecular formula is C8H8N2S. The van der Waals surface area contributed by atoms with Crippen molar-refractivity contribution < 1.29 is 0 Å². The summed E-state index contributed by atoms with van der Waals surface area (Å²) in [4.78, 5) is 8.61. The minimum atomic E-state index is 0.992. The Labute approximate surface area is 69.8 Å². The Bertz CT molecular complexity index is 307. The highest BCUT2D eigenvalue weighted by Crippen LogP contribution is 2.24. The third-order valence-electron chi connectivity index (χ3n) is 1.48. The van der Waals surface area contributed by atoms with Crippen LogP contribution in [0.1, 0.15) is 11.4 Å². The Morgan fingerprint density at radius 2 is 2.45 bits per heavy atom. The fraction of sp³-hybridized carbons (Fsp3) is 0.250. The Morgan fingerprint density at radius 3 is 3.36 bits per heavy atom. The van der Waals surface area contributed by atoms with Crippen molar-refractivity contribution in [1.29, 1.82) is 0 Å². The lowest BCUT2D eigenvalue weighted by molar-refractivity contribution is 0.982. The SMILES string of the molecule is Cc1cnc2c(n1)SCC=C2. The van der Waals surface area contributed by atoms with E-state index in [1.807, 2.05) is 13.0 Å². The minimum Gasteiger partial charge on any atom is -0.252 e. The Balaban J connectivity index is 2.53. The molecule has 2 rings (SSSR count). The van der Waals surface area contributed by atoms with Crippen LogP contribution in [-0.4, -0.2) is 15.7 Å². The maximum Gasteiger partial charge on any atom is 0.122 e. The molecule has 0 fully saturated rings. The van der Waals surface area contributed by atoms with Crippen LogP contribution in [0.5, 0.6) is 0 Å². The van der Waals surface area contributed by atoms with E-state index in [9.17, 15) is 0 Å². The minimum absolute atomic E-state index is 0.992. The van der Waals surface area contributed by atoms with E-state index in [2.05, 4.69) is 16.0 Å². The molecule has 56 valence electrons. The summed E-state index contributed by atoms with van der Waals surface area (Å²) in [5.74, 6) is 1.02. The predicted octanol–water partition coefficient (Wildman–Crippen LogP) is 1.90. The van der Waals surface area contributed by atoms with Crippen LogP contribution in [0, 0.1) is 6.92 Å². The highest BCUT2D eigenvalue weighted by molar-refractivity contribution is 7.99. The number of fused-ring (bicyclic) bond motifs is 1. The van der Waals surface area contributed by atoms with Gasteiger partial charge in [-0.05, 0) is 13.0 Å². The first-order valence-electron chi connectivity index (χ1n) is 3.49. The van der Waals surface area contributed by atoms with E-state index in [0.717, 1.165) is 22.2 Å². The van der Waals surface area contributed by atoms with E-state index in [-0.39, 0.29) is 0 Å². The number of nitrogens with zero attached hydrogens (tertiary/aromatic N) is 2. The lowest BCUT2D eigenvalue weighted by atomic mass is 10.4. The molecule has 2 heterocycles. The maximum atomic E-state index is 4.36. The molecule has 2 nitrogen and oxygen atoms in total. The molecule has 0 unspecified atom stereocenters. The Kier molecular flexibility index (Phi) is 1.66. The lowest BCUT2D eigenvalue weighted by Gasteiger charge is -2.06. The smallest absolute Gasteiger partial charge is 0.122 e. The molecule has 0 aliphatic carbocycles. The van der Waals surface area contributed by atoms with Crippen molar-refractivity contribution in [3.63, 3.8) is 0 Å². The van der Waals surface area contributed by atoms with E-state index in [1.165, 1.54) is 0 Å². The van der Waals surface area contributed by atoms with Gasteiger partial charge in [0.2, 0.25) is 0 Å². The van der Waals surface area contributed by atoms with Gasteiger partial charge in [-0.2, -0.15) is 0 Å². The third-order valence-corrected chi connectivity index (χ3v) is 2.41. The molecule has 0 atom stereocenters. The van der Waals surface area contributed by atoms with Crippen LogP contribution in [0.25, 0.3) is 6.08 Å². The number of hydrogen-bond donors (Lipinski definition) is 0. The van der Waals surface area contributed by atoms with Gasteiger partial charge >= 0.3 is 0 Å². The van der Waals surface area contributed by atoms with Crippen molar-refractivity contribution in [1.82, 2.24) is 9.97 Å². The van der Waals surface area contributed by atoms with Gasteiger partial charge in [0.05, 0.1) is 11.4 Å². The predicted molar refractivity (Wildman–Crippen MR) is 46.5 cm³/mol. The summed E-state index contributed by atoms with van der Waals surface area (Å²) in [5.41, 5.74) is 2.00. The van der Waals surface area contributed by atoms with Crippen molar-refractivity contribution in [2.24, 2.45) is 0 Å². The first-order valence-corrected chi connectivity index (χ1v) is 4.48. The second kappa shape index (κ2) is 2.66. The van der Waals surface area contributed by atoms with Crippen molar-refractivity contribution >= 4 is 17.8 Å². The monoisotopic (exact) mass is 164 g/mol. The second-order valence-corrected chi connectivity index (χ2v) is 3.42. The van der Waals surface area contributed by atoms with E-state index in [0.29, 0.717) is 0 Å². The van der Waals surface area contributed by atoms with Gasteiger partial charge in [0.1, 0.15) is 5.03 Å². The molecule has 0 spiro atoms. The molecule has 1 aliphatic heterocycles. The van der Waals surface area contributed by atoms with E-state index in [4.69, 9.17) is 0 Å². The van der Waals surface area contributed by atoms with Gasteiger partial charge in [-0.3, -0.25) is 4.98 Å². The molecule has 1 aromatic rings. The van der Waals surface area contributed by atoms with Crippen LogP contribution in [-0.2, 0) is 0 Å². The van der Waals surface area contributed by atoms with Crippen LogP contribution >= 0.6 is 11.8 Å². The van der Waals surface area contributed by atoms with Gasteiger partial charge in [0.15, 0.2) is 0 Å². The highest BCUT2D eigenvalue weighted by Gasteiger charge is 2.06. The number of aryl methyl sites for hydroxylation is 1. The quantitative estimate of drug-likeness (QED) is 0.585. The maximum absolute atomic E-state index is 4.36. The van der Waals surface area contributed by atoms with Gasteiger partial charge in [-0.15, -0.1) is 11.8 Å². The number of thioether (sulfide) groups is 1. The second-order valence-electron chi connectivity index (χ2n) is 2.42. The summed E-state index contributed by atoms with van der Waals surface area (Å²) in [6.45, 7) is 1.96. The average molecular weight is 164 g/mol. The normalized spacial score (nSPS) is 14.6. The van der Waals surface area contributed by atoms with Crippen molar-refractivity contribution in [3.8, 4) is 0 Å². The van der Waals surface area contributed by atoms with E-state index >= 15 is 0 Å². The molecule has 0 N–H and O–H groups in total. The molecule has 0 bridgehead atoms. The fourth-order valence-electron chi connectivity index (χ4n) is 0.972. The first kappa shape index (κ1) is 6.85. The van der Waals surface area contributed by atoms with Crippen LogP contribution in [0.15, 0.2) is 17.3 Å². The van der Waals surface area contributed by atoms with E-state index in [1.54, 1.807) is 18.0 Å². The zero-order valence-corrected chi connectivity index (χ0v) is 7.06. The Morgan fingerprint density at radius 1 is 1.55 bits per heavy atom. The first-order chi connectivity index (χ1) is 5.36. The molecule has 0 aromatic carbocycles. The fourth-order valence-corrected chi connectivity index (χ4v) is 1.80. The van der Waals surface area contributed by atoms with Gasteiger partial charge in [-0.1, -0.05) is 6.08 Å². The molecule has 0 saturated carbocycles. The van der Waals surface area contributed by atoms with Gasteiger partial charge in [0, 0.05) is 11.9 Å². The van der Waals surface area contributed by atoms with Gasteiger partial charge < -0.3 is 0 Å². The number of rotatable bonds is 0. The number of aromatic nitrogens is 2. The Hall–Kier alpha value is -0.830. The largest absolute Gasteiger partial charge is 0.252 e. The number of hydrogen-bond acceptors (Lipinski definition) is 3. The molecule has 0 saturated heterocycles. The lowest BCUT2D eigenvalue weighted by Crippen LogP contribution is -1.96. The molecular weight excluding hydrogens is 156 g/mol. The van der Waals surface area contributed by atoms with Crippen LogP contribution in [0.4, 0.5) is 0 Å². The summed E-state index contributed by atoms with van der Waals surface area (Å²) in [5, 5.41) is 1.06. The highest BCUT2D eigenvalue weighted by atomic mass is 32.2. The molecule has 1 aliphatic rings. The summed E-state index contributed by atoms with van der Waals surface area (Å²) >= 11 is 1.74. The topological polar surface area (TPSA) is 25.8 Å². The van der Waals surface area contributed by atoms with Crippen molar-refractivity contribution in [2.45, 2.75) is 11.9 Å². The summed E-state index contributed by atoms with van der Waals surface area (Å²) < 4.78 is 0. The summed E-state index contributed by atoms with van der Waals surface area (Å²) in [6, 6.07) is 0. The zero-order valence-electron chi connectivity index (χ0n) is 6.24. The standard InChI is InChI=1S/C8H8N2S/c1-6-5-9-7-3-2-4-11-8(7)10-6/h2-3,5H,4H2,1H3. The van der Waals surface area contributed by atoms with Crippen LogP contribution in [0.3, 0.4) is 0 Å². The molecule has 11 heavy (non-hydrogen) atoms. The van der Waals surface area contributed by atoms with Crippen molar-refractivity contribution in [3.05, 3.63) is 23.7 Å². The zero-order chi connectivity index (χ0) is 7.68. The van der Waals surface area contributed by atoms with E-state index < -0.39 is 0 Å².